The number of benzene rings is 2. The Morgan fingerprint density at radius 1 is 1.26 bits per heavy atom. The highest BCUT2D eigenvalue weighted by Gasteiger charge is 2.46. The zero-order valence-electron chi connectivity index (χ0n) is 17.5. The van der Waals surface area contributed by atoms with Gasteiger partial charge in [0, 0.05) is 29.1 Å². The molecule has 0 radical (unpaired) electrons. The number of fused-ring (bicyclic) bond motifs is 1. The van der Waals surface area contributed by atoms with Crippen molar-refractivity contribution in [3.8, 4) is 5.75 Å². The van der Waals surface area contributed by atoms with E-state index in [0.717, 1.165) is 11.3 Å². The third kappa shape index (κ3) is 3.30. The first kappa shape index (κ1) is 21.3. The molecule has 0 aliphatic carbocycles. The number of carbonyl (C=O) groups is 2. The van der Waals surface area contributed by atoms with Crippen LogP contribution in [-0.4, -0.2) is 33.8 Å². The first-order valence-electron chi connectivity index (χ1n) is 9.92. The highest BCUT2D eigenvalue weighted by atomic mass is 32.1. The number of rotatable bonds is 6. The van der Waals surface area contributed by atoms with Gasteiger partial charge in [-0.1, -0.05) is 12.1 Å². The topological polar surface area (TPSA) is 136 Å². The molecule has 0 fully saturated rings. The number of furan rings is 1. The van der Waals surface area contributed by atoms with E-state index in [2.05, 4.69) is 4.98 Å². The lowest BCUT2D eigenvalue weighted by Crippen LogP contribution is -2.30. The molecule has 1 aliphatic heterocycles. The number of methoxy groups -OCH3 is 1. The summed E-state index contributed by atoms with van der Waals surface area (Å²) < 4.78 is 11.0. The lowest BCUT2D eigenvalue weighted by Gasteiger charge is -2.24. The lowest BCUT2D eigenvalue weighted by atomic mass is 9.95. The summed E-state index contributed by atoms with van der Waals surface area (Å²) in [6.45, 7) is 0. The summed E-state index contributed by atoms with van der Waals surface area (Å²) in [6, 6.07) is 11.0. The summed E-state index contributed by atoms with van der Waals surface area (Å²) >= 11 is 1.15. The number of para-hydroxylation sites is 1. The third-order valence-corrected chi connectivity index (χ3v) is 6.22. The number of hydrogen-bond donors (Lipinski definition) is 1. The van der Waals surface area contributed by atoms with Crippen LogP contribution in [0.15, 0.2) is 75.9 Å². The van der Waals surface area contributed by atoms with Crippen LogP contribution >= 0.6 is 11.3 Å². The molecule has 0 saturated heterocycles. The smallest absolute Gasteiger partial charge is 0.296 e. The maximum Gasteiger partial charge on any atom is 0.296 e. The zero-order valence-corrected chi connectivity index (χ0v) is 18.3. The monoisotopic (exact) mass is 477 g/mol. The minimum absolute atomic E-state index is 0.0956. The maximum atomic E-state index is 13.6. The largest absolute Gasteiger partial charge is 0.503 e. The number of nitrogens with zero attached hydrogens (tertiary/aromatic N) is 3. The minimum Gasteiger partial charge on any atom is -0.503 e. The predicted molar refractivity (Wildman–Crippen MR) is 122 cm³/mol. The van der Waals surface area contributed by atoms with E-state index in [0.29, 0.717) is 22.3 Å². The van der Waals surface area contributed by atoms with Crippen molar-refractivity contribution in [1.82, 2.24) is 4.98 Å². The number of carbonyl (C=O) groups excluding carboxylic acids is 2. The van der Waals surface area contributed by atoms with Crippen LogP contribution in [0.25, 0.3) is 11.0 Å². The van der Waals surface area contributed by atoms with E-state index in [4.69, 9.17) is 9.15 Å². The molecule has 2 aromatic heterocycles. The molecule has 0 saturated carbocycles. The number of anilines is 1. The number of hydrogen-bond acceptors (Lipinski definition) is 9. The fourth-order valence-electron chi connectivity index (χ4n) is 3.90. The Balaban J connectivity index is 1.65. The molecule has 1 amide bonds. The number of nitro groups is 1. The second kappa shape index (κ2) is 8.12. The van der Waals surface area contributed by atoms with Gasteiger partial charge >= 0.3 is 0 Å². The Bertz CT molecular complexity index is 1470. The molecule has 10 nitrogen and oxygen atoms in total. The van der Waals surface area contributed by atoms with Crippen LogP contribution in [-0.2, 0) is 4.79 Å². The lowest BCUT2D eigenvalue weighted by molar-refractivity contribution is -0.384. The van der Waals surface area contributed by atoms with Crippen molar-refractivity contribution in [2.75, 3.05) is 12.0 Å². The van der Waals surface area contributed by atoms with Crippen molar-refractivity contribution in [1.29, 1.82) is 0 Å². The highest BCUT2D eigenvalue weighted by Crippen LogP contribution is 2.43. The van der Waals surface area contributed by atoms with E-state index in [9.17, 15) is 24.8 Å². The second-order valence-electron chi connectivity index (χ2n) is 7.32. The van der Waals surface area contributed by atoms with Gasteiger partial charge < -0.3 is 14.3 Å². The molecule has 2 aromatic carbocycles. The van der Waals surface area contributed by atoms with Crippen LogP contribution in [0.4, 0.5) is 10.8 Å². The fraction of sp³-hybridized carbons (Fsp3) is 0.0870. The Hall–Kier alpha value is -4.51. The van der Waals surface area contributed by atoms with E-state index < -0.39 is 28.4 Å². The predicted octanol–water partition coefficient (Wildman–Crippen LogP) is 4.59. The van der Waals surface area contributed by atoms with Crippen molar-refractivity contribution in [3.05, 3.63) is 92.9 Å². The molecule has 5 rings (SSSR count). The van der Waals surface area contributed by atoms with E-state index >= 15 is 0 Å². The number of thiazole rings is 1. The van der Waals surface area contributed by atoms with E-state index in [1.165, 1.54) is 48.5 Å². The van der Waals surface area contributed by atoms with Gasteiger partial charge in [0.25, 0.3) is 11.6 Å². The standard InChI is InChI=1S/C23H15N3O7S/c1-32-15-4-2-3-13-11-16(33-21(13)15)19(27)17-18(12-5-7-14(8-6-12)26(30)31)25(22(29)20(17)28)23-24-9-10-34-23/h2-11,18,28H,1H3. The Morgan fingerprint density at radius 2 is 2.03 bits per heavy atom. The molecule has 11 heteroatoms. The van der Waals surface area contributed by atoms with Gasteiger partial charge in [-0.15, -0.1) is 11.3 Å². The average Bonchev–Trinajstić information content (AvgIpc) is 3.57. The number of ketones is 1. The fourth-order valence-corrected chi connectivity index (χ4v) is 4.57. The molecular formula is C23H15N3O7S. The SMILES string of the molecule is COc1cccc2cc(C(=O)C3=C(O)C(=O)N(c4nccs4)C3c3ccc([N+](=O)[O-])cc3)oc12. The van der Waals surface area contributed by atoms with E-state index in [1.807, 2.05) is 0 Å². The molecule has 3 heterocycles. The Kier molecular flexibility index (Phi) is 5.10. The van der Waals surface area contributed by atoms with Crippen molar-refractivity contribution in [3.63, 3.8) is 0 Å². The summed E-state index contributed by atoms with van der Waals surface area (Å²) in [6.07, 6.45) is 1.49. The average molecular weight is 477 g/mol. The summed E-state index contributed by atoms with van der Waals surface area (Å²) in [4.78, 5) is 42.5. The number of aliphatic hydroxyl groups is 1. The van der Waals surface area contributed by atoms with Crippen LogP contribution in [0.1, 0.15) is 22.2 Å². The second-order valence-corrected chi connectivity index (χ2v) is 8.19. The van der Waals surface area contributed by atoms with Crippen molar-refractivity contribution < 1.29 is 28.8 Å². The number of ether oxygens (including phenoxy) is 1. The molecule has 0 bridgehead atoms. The molecule has 34 heavy (non-hydrogen) atoms. The van der Waals surface area contributed by atoms with Gasteiger partial charge in [-0.05, 0) is 29.8 Å². The van der Waals surface area contributed by atoms with Crippen LogP contribution in [0.5, 0.6) is 5.75 Å². The summed E-state index contributed by atoms with van der Waals surface area (Å²) in [7, 11) is 1.47. The molecule has 0 spiro atoms. The van der Waals surface area contributed by atoms with Gasteiger partial charge in [0.2, 0.25) is 5.78 Å². The molecule has 1 atom stereocenters. The van der Waals surface area contributed by atoms with Crippen LogP contribution < -0.4 is 9.64 Å². The quantitative estimate of drug-likeness (QED) is 0.242. The highest BCUT2D eigenvalue weighted by molar-refractivity contribution is 7.13. The van der Waals surface area contributed by atoms with Crippen molar-refractivity contribution in [2.24, 2.45) is 0 Å². The molecule has 1 unspecified atom stereocenters. The summed E-state index contributed by atoms with van der Waals surface area (Å²) in [5, 5.41) is 24.4. The van der Waals surface area contributed by atoms with Gasteiger partial charge in [0.1, 0.15) is 0 Å². The summed E-state index contributed by atoms with van der Waals surface area (Å²) in [5.74, 6) is -1.92. The van der Waals surface area contributed by atoms with Gasteiger partial charge in [-0.3, -0.25) is 24.6 Å². The minimum atomic E-state index is -1.07. The normalized spacial score (nSPS) is 15.9. The number of non-ortho nitro benzene ring substituents is 1. The number of aromatic nitrogens is 1. The number of nitro benzene ring substituents is 1. The first-order chi connectivity index (χ1) is 16.4. The molecule has 4 aromatic rings. The van der Waals surface area contributed by atoms with E-state index in [1.54, 1.807) is 23.6 Å². The third-order valence-electron chi connectivity index (χ3n) is 5.45. The Morgan fingerprint density at radius 3 is 2.68 bits per heavy atom. The zero-order chi connectivity index (χ0) is 24.0. The maximum absolute atomic E-state index is 13.6. The van der Waals surface area contributed by atoms with Gasteiger partial charge in [-0.25, -0.2) is 4.98 Å². The van der Waals surface area contributed by atoms with Crippen LogP contribution in [0.3, 0.4) is 0 Å². The Labute approximate surface area is 195 Å². The number of Topliss-reactive ketones (excluding diaryl/α,β-unsaturated/α-hetero) is 1. The first-order valence-corrected chi connectivity index (χ1v) is 10.8. The van der Waals surface area contributed by atoms with Gasteiger partial charge in [-0.2, -0.15) is 0 Å². The van der Waals surface area contributed by atoms with Gasteiger partial charge in [0.15, 0.2) is 28.0 Å². The van der Waals surface area contributed by atoms with Crippen molar-refractivity contribution >= 4 is 44.8 Å². The molecule has 1 aliphatic rings. The van der Waals surface area contributed by atoms with Crippen molar-refractivity contribution in [2.45, 2.75) is 6.04 Å². The van der Waals surface area contributed by atoms with Crippen LogP contribution in [0, 0.1) is 10.1 Å². The van der Waals surface area contributed by atoms with Gasteiger partial charge in [0.05, 0.1) is 23.6 Å². The van der Waals surface area contributed by atoms with E-state index in [-0.39, 0.29) is 22.2 Å². The molecule has 170 valence electrons. The molecular weight excluding hydrogens is 462 g/mol. The number of amides is 1. The number of aliphatic hydroxyl groups excluding tert-OH is 1. The van der Waals surface area contributed by atoms with Crippen LogP contribution in [0.2, 0.25) is 0 Å². The summed E-state index contributed by atoms with van der Waals surface area (Å²) in [5.41, 5.74) is 0.364. The molecule has 1 N–H and O–H groups in total.